The molecule has 0 N–H and O–H groups in total. The third-order valence-corrected chi connectivity index (χ3v) is 5.70. The molecule has 2 aromatic heterocycles. The summed E-state index contributed by atoms with van der Waals surface area (Å²) in [4.78, 5) is 9.31. The molecule has 0 radical (unpaired) electrons. The Kier molecular flexibility index (Phi) is 3.13. The fourth-order valence-electron chi connectivity index (χ4n) is 2.59. The van der Waals surface area contributed by atoms with E-state index in [4.69, 9.17) is 4.98 Å². The molecule has 1 aliphatic rings. The number of nitriles is 1. The van der Waals surface area contributed by atoms with E-state index in [0.717, 1.165) is 39.8 Å². The normalized spacial score (nSPS) is 13.3. The topological polar surface area (TPSA) is 49.6 Å². The highest BCUT2D eigenvalue weighted by atomic mass is 32.2. The number of hydrogen-bond donors (Lipinski definition) is 0. The minimum Gasteiger partial charge on any atom is -0.244 e. The number of benzene rings is 1. The van der Waals surface area contributed by atoms with Crippen LogP contribution in [0.4, 0.5) is 0 Å². The van der Waals surface area contributed by atoms with Gasteiger partial charge in [0.25, 0.3) is 0 Å². The zero-order valence-electron chi connectivity index (χ0n) is 11.2. The van der Waals surface area contributed by atoms with Crippen LogP contribution < -0.4 is 0 Å². The number of rotatable bonds is 2. The van der Waals surface area contributed by atoms with Gasteiger partial charge in [-0.05, 0) is 54.8 Å². The Labute approximate surface area is 130 Å². The fourth-order valence-corrected chi connectivity index (χ4v) is 4.64. The first-order chi connectivity index (χ1) is 10.3. The maximum Gasteiger partial charge on any atom is 0.157 e. The largest absolute Gasteiger partial charge is 0.244 e. The molecule has 3 nitrogen and oxygen atoms in total. The van der Waals surface area contributed by atoms with E-state index in [1.165, 1.54) is 22.0 Å². The average molecular weight is 309 g/mol. The van der Waals surface area contributed by atoms with E-state index in [2.05, 4.69) is 17.1 Å². The van der Waals surface area contributed by atoms with Crippen LogP contribution in [0.1, 0.15) is 23.2 Å². The van der Waals surface area contributed by atoms with Gasteiger partial charge in [0.2, 0.25) is 0 Å². The van der Waals surface area contributed by atoms with Crippen LogP contribution in [0.2, 0.25) is 0 Å². The lowest BCUT2D eigenvalue weighted by molar-refractivity contribution is 0.891. The van der Waals surface area contributed by atoms with Crippen molar-refractivity contribution in [2.45, 2.75) is 28.6 Å². The quantitative estimate of drug-likeness (QED) is 0.712. The van der Waals surface area contributed by atoms with Crippen LogP contribution in [0.15, 0.2) is 39.7 Å². The van der Waals surface area contributed by atoms with Crippen molar-refractivity contribution in [2.24, 2.45) is 0 Å². The molecule has 0 atom stereocenters. The molecule has 3 aromatic rings. The Morgan fingerprint density at radius 1 is 1.19 bits per heavy atom. The first kappa shape index (κ1) is 12.8. The molecule has 21 heavy (non-hydrogen) atoms. The minimum absolute atomic E-state index is 0.667. The highest BCUT2D eigenvalue weighted by molar-refractivity contribution is 8.01. The lowest BCUT2D eigenvalue weighted by atomic mass is 10.2. The van der Waals surface area contributed by atoms with Gasteiger partial charge in [-0.15, -0.1) is 11.3 Å². The number of fused-ring (bicyclic) bond motifs is 2. The van der Waals surface area contributed by atoms with Crippen molar-refractivity contribution in [3.8, 4) is 6.07 Å². The first-order valence-electron chi connectivity index (χ1n) is 6.80. The predicted octanol–water partition coefficient (Wildman–Crippen LogP) is 4.20. The van der Waals surface area contributed by atoms with Crippen molar-refractivity contribution >= 4 is 33.3 Å². The second-order valence-corrected chi connectivity index (χ2v) is 7.23. The second-order valence-electron chi connectivity index (χ2n) is 4.96. The smallest absolute Gasteiger partial charge is 0.157 e. The van der Waals surface area contributed by atoms with Gasteiger partial charge in [0, 0.05) is 5.69 Å². The van der Waals surface area contributed by atoms with E-state index in [1.54, 1.807) is 11.3 Å². The molecule has 0 aliphatic heterocycles. The van der Waals surface area contributed by atoms with Gasteiger partial charge in [-0.3, -0.25) is 0 Å². The molecule has 0 fully saturated rings. The average Bonchev–Trinajstić information content (AvgIpc) is 3.11. The molecule has 0 saturated carbocycles. The molecule has 0 spiro atoms. The van der Waals surface area contributed by atoms with Gasteiger partial charge < -0.3 is 0 Å². The SMILES string of the molecule is N#Cc1cc2c(nc1Sc1nc3ccccc3s1)CCC2. The number of thiazole rings is 1. The Morgan fingerprint density at radius 2 is 2.10 bits per heavy atom. The molecule has 4 rings (SSSR count). The Bertz CT molecular complexity index is 844. The van der Waals surface area contributed by atoms with E-state index in [-0.39, 0.29) is 0 Å². The van der Waals surface area contributed by atoms with Gasteiger partial charge in [0.05, 0.1) is 15.8 Å². The van der Waals surface area contributed by atoms with Gasteiger partial charge >= 0.3 is 0 Å². The molecular formula is C16H11N3S2. The summed E-state index contributed by atoms with van der Waals surface area (Å²) < 4.78 is 2.11. The van der Waals surface area contributed by atoms with E-state index < -0.39 is 0 Å². The van der Waals surface area contributed by atoms with Gasteiger partial charge in [-0.25, -0.2) is 9.97 Å². The summed E-state index contributed by atoms with van der Waals surface area (Å²) >= 11 is 3.15. The van der Waals surface area contributed by atoms with Crippen LogP contribution in [-0.2, 0) is 12.8 Å². The maximum absolute atomic E-state index is 9.35. The highest BCUT2D eigenvalue weighted by Crippen LogP contribution is 2.36. The number of hydrogen-bond acceptors (Lipinski definition) is 5. The summed E-state index contributed by atoms with van der Waals surface area (Å²) in [6.45, 7) is 0. The van der Waals surface area contributed by atoms with Crippen LogP contribution >= 0.6 is 23.1 Å². The van der Waals surface area contributed by atoms with Gasteiger partial charge in [-0.1, -0.05) is 12.1 Å². The third-order valence-electron chi connectivity index (χ3n) is 3.59. The van der Waals surface area contributed by atoms with Crippen LogP contribution in [0.5, 0.6) is 0 Å². The van der Waals surface area contributed by atoms with Gasteiger partial charge in [-0.2, -0.15) is 5.26 Å². The van der Waals surface area contributed by atoms with Gasteiger partial charge in [0.15, 0.2) is 4.34 Å². The van der Waals surface area contributed by atoms with E-state index >= 15 is 0 Å². The number of aryl methyl sites for hydroxylation is 2. The molecule has 0 bridgehead atoms. The predicted molar refractivity (Wildman–Crippen MR) is 84.7 cm³/mol. The van der Waals surface area contributed by atoms with Crippen LogP contribution in [-0.4, -0.2) is 9.97 Å². The molecule has 0 saturated heterocycles. The molecule has 0 unspecified atom stereocenters. The Morgan fingerprint density at radius 3 is 2.95 bits per heavy atom. The third kappa shape index (κ3) is 2.31. The van der Waals surface area contributed by atoms with Crippen molar-refractivity contribution in [3.05, 3.63) is 47.2 Å². The molecule has 102 valence electrons. The molecule has 5 heteroatoms. The van der Waals surface area contributed by atoms with Crippen LogP contribution in [0, 0.1) is 11.3 Å². The van der Waals surface area contributed by atoms with Gasteiger partial charge in [0.1, 0.15) is 11.1 Å². The molecule has 1 aliphatic carbocycles. The van der Waals surface area contributed by atoms with Crippen molar-refractivity contribution < 1.29 is 0 Å². The zero-order chi connectivity index (χ0) is 14.2. The number of para-hydroxylation sites is 1. The summed E-state index contributed by atoms with van der Waals surface area (Å²) in [6, 6.07) is 12.4. The van der Waals surface area contributed by atoms with E-state index in [9.17, 15) is 5.26 Å². The molecular weight excluding hydrogens is 298 g/mol. The first-order valence-corrected chi connectivity index (χ1v) is 8.43. The standard InChI is InChI=1S/C16H11N3S2/c17-9-11-8-10-4-3-6-12(10)18-15(11)21-16-19-13-5-1-2-7-14(13)20-16/h1-2,5,7-8H,3-4,6H2. The maximum atomic E-state index is 9.35. The molecule has 1 aromatic carbocycles. The van der Waals surface area contributed by atoms with Crippen LogP contribution in [0.25, 0.3) is 10.2 Å². The summed E-state index contributed by atoms with van der Waals surface area (Å²) in [5.74, 6) is 0. The van der Waals surface area contributed by atoms with Crippen molar-refractivity contribution in [1.82, 2.24) is 9.97 Å². The monoisotopic (exact) mass is 309 g/mol. The number of aromatic nitrogens is 2. The lowest BCUT2D eigenvalue weighted by Crippen LogP contribution is -1.94. The van der Waals surface area contributed by atoms with Crippen LogP contribution in [0.3, 0.4) is 0 Å². The second kappa shape index (κ2) is 5.14. The van der Waals surface area contributed by atoms with E-state index in [0.29, 0.717) is 5.56 Å². The number of nitrogens with zero attached hydrogens (tertiary/aromatic N) is 3. The lowest BCUT2D eigenvalue weighted by Gasteiger charge is -2.04. The molecule has 2 heterocycles. The summed E-state index contributed by atoms with van der Waals surface area (Å²) in [5.41, 5.74) is 4.06. The highest BCUT2D eigenvalue weighted by Gasteiger charge is 2.18. The summed E-state index contributed by atoms with van der Waals surface area (Å²) in [7, 11) is 0. The fraction of sp³-hybridized carbons (Fsp3) is 0.188. The molecule has 0 amide bonds. The Balaban J connectivity index is 1.75. The van der Waals surface area contributed by atoms with Crippen molar-refractivity contribution in [3.63, 3.8) is 0 Å². The Hall–Kier alpha value is -1.90. The van der Waals surface area contributed by atoms with Crippen molar-refractivity contribution in [2.75, 3.05) is 0 Å². The van der Waals surface area contributed by atoms with Crippen molar-refractivity contribution in [1.29, 1.82) is 5.26 Å². The minimum atomic E-state index is 0.667. The van der Waals surface area contributed by atoms with E-state index in [1.807, 2.05) is 24.3 Å². The summed E-state index contributed by atoms with van der Waals surface area (Å²) in [6.07, 6.45) is 3.21. The summed E-state index contributed by atoms with van der Waals surface area (Å²) in [5, 5.41) is 10.1. The zero-order valence-corrected chi connectivity index (χ0v) is 12.8. The number of pyridine rings is 1.